The second kappa shape index (κ2) is 15.4. The van der Waals surface area contributed by atoms with Crippen molar-refractivity contribution in [3.05, 3.63) is 237 Å². The summed E-state index contributed by atoms with van der Waals surface area (Å²) in [6.07, 6.45) is 0. The number of fused-ring (bicyclic) bond motifs is 11. The van der Waals surface area contributed by atoms with Gasteiger partial charge in [-0.2, -0.15) is 0 Å². The van der Waals surface area contributed by atoms with Gasteiger partial charge in [-0.05, 0) is 99.4 Å². The van der Waals surface area contributed by atoms with Crippen LogP contribution in [0.2, 0.25) is 0 Å². The molecule has 4 heterocycles. The fourth-order valence-corrected chi connectivity index (χ4v) is 11.1. The average molecular weight is 906 g/mol. The van der Waals surface area contributed by atoms with Crippen LogP contribution in [0.25, 0.3) is 144 Å². The van der Waals surface area contributed by atoms with Crippen LogP contribution >= 0.6 is 0 Å². The molecule has 0 N–H and O–H groups in total. The van der Waals surface area contributed by atoms with Crippen molar-refractivity contribution >= 4 is 87.1 Å². The Morgan fingerprint density at radius 2 is 0.859 bits per heavy atom. The van der Waals surface area contributed by atoms with Crippen molar-refractivity contribution in [1.82, 2.24) is 24.1 Å². The van der Waals surface area contributed by atoms with E-state index < -0.39 is 0 Å². The van der Waals surface area contributed by atoms with E-state index in [9.17, 15) is 0 Å². The maximum atomic E-state index is 6.73. The third kappa shape index (κ3) is 6.11. The largest absolute Gasteiger partial charge is 0.456 e. The molecule has 11 aromatic carbocycles. The summed E-state index contributed by atoms with van der Waals surface area (Å²) in [5.41, 5.74) is 12.9. The molecule has 330 valence electrons. The van der Waals surface area contributed by atoms with Crippen molar-refractivity contribution in [3.63, 3.8) is 0 Å². The number of para-hydroxylation sites is 3. The molecule has 4 aromatic heterocycles. The molecule has 0 aliphatic rings. The van der Waals surface area contributed by atoms with E-state index in [1.54, 1.807) is 0 Å². The molecule has 0 bridgehead atoms. The average Bonchev–Trinajstić information content (AvgIpc) is 4.09. The standard InChI is InChI=1S/C65H39N5O/c1-3-16-40(17-4-1)41-30-32-42(33-31-41)63-66-64(50-26-15-28-54-60(50)48-24-11-13-27-53(48)69(54)47-22-5-2-6-23-47)68-65(67-63)62-55(34-35-59-61(62)49-25-12-14-29-58(49)71-59)70-56-38-45-20-9-7-18-43(45)36-51(56)52-37-44-19-8-10-21-46(44)39-57(52)70/h1-39H. The smallest absolute Gasteiger partial charge is 0.166 e. The zero-order chi connectivity index (χ0) is 46.6. The van der Waals surface area contributed by atoms with Gasteiger partial charge in [-0.25, -0.2) is 15.0 Å². The number of furan rings is 1. The minimum absolute atomic E-state index is 0.546. The number of nitrogens with zero attached hydrogens (tertiary/aromatic N) is 5. The second-order valence-electron chi connectivity index (χ2n) is 18.3. The zero-order valence-corrected chi connectivity index (χ0v) is 38.2. The number of hydrogen-bond donors (Lipinski definition) is 0. The Bertz CT molecular complexity index is 4530. The van der Waals surface area contributed by atoms with E-state index in [4.69, 9.17) is 19.4 Å². The summed E-state index contributed by atoms with van der Waals surface area (Å²) in [4.78, 5) is 16.7. The molecular weight excluding hydrogens is 867 g/mol. The third-order valence-corrected chi connectivity index (χ3v) is 14.3. The molecule has 15 rings (SSSR count). The molecular formula is C65H39N5O. The van der Waals surface area contributed by atoms with Gasteiger partial charge in [-0.1, -0.05) is 170 Å². The first kappa shape index (κ1) is 39.4. The number of rotatable bonds is 6. The Labute approximate surface area is 407 Å². The quantitative estimate of drug-likeness (QED) is 0.167. The van der Waals surface area contributed by atoms with E-state index in [-0.39, 0.29) is 0 Å². The van der Waals surface area contributed by atoms with Crippen LogP contribution in [0.4, 0.5) is 0 Å². The summed E-state index contributed by atoms with van der Waals surface area (Å²) in [6, 6.07) is 83.9. The Kier molecular flexibility index (Phi) is 8.56. The van der Waals surface area contributed by atoms with Gasteiger partial charge in [-0.3, -0.25) is 0 Å². The summed E-state index contributed by atoms with van der Waals surface area (Å²) >= 11 is 0. The fraction of sp³-hybridized carbons (Fsp3) is 0. The molecule has 0 radical (unpaired) electrons. The van der Waals surface area contributed by atoms with Crippen molar-refractivity contribution in [2.24, 2.45) is 0 Å². The summed E-state index contributed by atoms with van der Waals surface area (Å²) < 4.78 is 11.5. The van der Waals surface area contributed by atoms with Crippen LogP contribution in [0.3, 0.4) is 0 Å². The van der Waals surface area contributed by atoms with E-state index in [0.717, 1.165) is 105 Å². The normalized spacial score (nSPS) is 11.9. The highest BCUT2D eigenvalue weighted by atomic mass is 16.3. The number of hydrogen-bond acceptors (Lipinski definition) is 4. The molecule has 0 spiro atoms. The van der Waals surface area contributed by atoms with Gasteiger partial charge in [0, 0.05) is 49.1 Å². The first-order chi connectivity index (χ1) is 35.2. The van der Waals surface area contributed by atoms with Crippen molar-refractivity contribution in [3.8, 4) is 56.7 Å². The third-order valence-electron chi connectivity index (χ3n) is 14.3. The Hall–Kier alpha value is -9.65. The minimum atomic E-state index is 0.546. The first-order valence-electron chi connectivity index (χ1n) is 24.0. The topological polar surface area (TPSA) is 61.7 Å². The Morgan fingerprint density at radius 1 is 0.310 bits per heavy atom. The highest BCUT2D eigenvalue weighted by molar-refractivity contribution is 6.20. The molecule has 0 saturated carbocycles. The lowest BCUT2D eigenvalue weighted by Crippen LogP contribution is -2.04. The van der Waals surface area contributed by atoms with Crippen LogP contribution in [-0.4, -0.2) is 24.1 Å². The SMILES string of the molecule is c1ccc(-c2ccc(-c3nc(-c4c(-n5c6cc7ccccc7cc6c6cc7ccccc7cc65)ccc5oc6ccccc6c45)nc(-c4cccc5c4c4ccccc4n5-c4ccccc4)n3)cc2)cc1. The monoisotopic (exact) mass is 905 g/mol. The molecule has 0 unspecified atom stereocenters. The molecule has 0 saturated heterocycles. The van der Waals surface area contributed by atoms with Crippen LogP contribution in [0.1, 0.15) is 0 Å². The van der Waals surface area contributed by atoms with Crippen LogP contribution in [0.15, 0.2) is 241 Å². The van der Waals surface area contributed by atoms with Gasteiger partial charge in [0.2, 0.25) is 0 Å². The fourth-order valence-electron chi connectivity index (χ4n) is 11.1. The molecule has 0 amide bonds. The van der Waals surface area contributed by atoms with E-state index in [0.29, 0.717) is 17.5 Å². The van der Waals surface area contributed by atoms with Gasteiger partial charge in [0.15, 0.2) is 17.5 Å². The van der Waals surface area contributed by atoms with Crippen LogP contribution in [-0.2, 0) is 0 Å². The summed E-state index contributed by atoms with van der Waals surface area (Å²) in [5.74, 6) is 1.70. The predicted molar refractivity (Wildman–Crippen MR) is 293 cm³/mol. The maximum absolute atomic E-state index is 6.73. The van der Waals surface area contributed by atoms with Crippen LogP contribution in [0.5, 0.6) is 0 Å². The molecule has 0 atom stereocenters. The molecule has 6 heteroatoms. The van der Waals surface area contributed by atoms with E-state index in [2.05, 4.69) is 228 Å². The van der Waals surface area contributed by atoms with Gasteiger partial charge in [-0.15, -0.1) is 0 Å². The molecule has 71 heavy (non-hydrogen) atoms. The van der Waals surface area contributed by atoms with Gasteiger partial charge < -0.3 is 13.6 Å². The van der Waals surface area contributed by atoms with Crippen LogP contribution in [0, 0.1) is 0 Å². The maximum Gasteiger partial charge on any atom is 0.166 e. The van der Waals surface area contributed by atoms with E-state index >= 15 is 0 Å². The lowest BCUT2D eigenvalue weighted by molar-refractivity contribution is 0.669. The van der Waals surface area contributed by atoms with Crippen molar-refractivity contribution < 1.29 is 4.42 Å². The zero-order valence-electron chi connectivity index (χ0n) is 38.2. The van der Waals surface area contributed by atoms with E-state index in [1.807, 2.05) is 18.2 Å². The lowest BCUT2D eigenvalue weighted by Gasteiger charge is -2.16. The van der Waals surface area contributed by atoms with Crippen molar-refractivity contribution in [2.75, 3.05) is 0 Å². The summed E-state index contributed by atoms with van der Waals surface area (Å²) in [7, 11) is 0. The summed E-state index contributed by atoms with van der Waals surface area (Å²) in [6.45, 7) is 0. The van der Waals surface area contributed by atoms with Gasteiger partial charge >= 0.3 is 0 Å². The number of aromatic nitrogens is 5. The van der Waals surface area contributed by atoms with Crippen molar-refractivity contribution in [1.29, 1.82) is 0 Å². The molecule has 0 aliphatic carbocycles. The predicted octanol–water partition coefficient (Wildman–Crippen LogP) is 16.9. The van der Waals surface area contributed by atoms with E-state index in [1.165, 1.54) is 21.5 Å². The molecule has 0 fully saturated rings. The lowest BCUT2D eigenvalue weighted by atomic mass is 10.0. The highest BCUT2D eigenvalue weighted by Crippen LogP contribution is 2.45. The number of benzene rings is 11. The molecule has 0 aliphatic heterocycles. The van der Waals surface area contributed by atoms with Gasteiger partial charge in [0.05, 0.1) is 33.3 Å². The van der Waals surface area contributed by atoms with Gasteiger partial charge in [0.1, 0.15) is 11.2 Å². The van der Waals surface area contributed by atoms with Crippen LogP contribution < -0.4 is 0 Å². The summed E-state index contributed by atoms with van der Waals surface area (Å²) in [5, 5.41) is 11.2. The Balaban J connectivity index is 1.07. The first-order valence-corrected chi connectivity index (χ1v) is 24.0. The van der Waals surface area contributed by atoms with Crippen molar-refractivity contribution in [2.45, 2.75) is 0 Å². The Morgan fingerprint density at radius 3 is 1.58 bits per heavy atom. The van der Waals surface area contributed by atoms with Gasteiger partial charge in [0.25, 0.3) is 0 Å². The highest BCUT2D eigenvalue weighted by Gasteiger charge is 2.26. The molecule has 15 aromatic rings. The molecule has 6 nitrogen and oxygen atoms in total. The second-order valence-corrected chi connectivity index (χ2v) is 18.3. The minimum Gasteiger partial charge on any atom is -0.456 e.